The summed E-state index contributed by atoms with van der Waals surface area (Å²) in [5.74, 6) is 1.08. The lowest BCUT2D eigenvalue weighted by Crippen LogP contribution is -1.88. The molecule has 4 rings (SSSR count). The van der Waals surface area contributed by atoms with Gasteiger partial charge in [0.2, 0.25) is 0 Å². The molecule has 0 radical (unpaired) electrons. The number of nitrogens with zero attached hydrogens (tertiary/aromatic N) is 1. The van der Waals surface area contributed by atoms with Crippen molar-refractivity contribution in [3.63, 3.8) is 0 Å². The highest BCUT2D eigenvalue weighted by Gasteiger charge is 2.15. The fourth-order valence-electron chi connectivity index (χ4n) is 2.54. The van der Waals surface area contributed by atoms with Gasteiger partial charge in [0.15, 0.2) is 0 Å². The van der Waals surface area contributed by atoms with Gasteiger partial charge < -0.3 is 4.42 Å². The topological polar surface area (TPSA) is 26.0 Å². The Morgan fingerprint density at radius 2 is 2.17 bits per heavy atom. The van der Waals surface area contributed by atoms with E-state index in [2.05, 4.69) is 23.2 Å². The van der Waals surface area contributed by atoms with Crippen molar-refractivity contribution >= 4 is 39.5 Å². The lowest BCUT2D eigenvalue weighted by molar-refractivity contribution is 0.546. The second-order valence-corrected chi connectivity index (χ2v) is 4.94. The van der Waals surface area contributed by atoms with Gasteiger partial charge in [0.1, 0.15) is 16.5 Å². The maximum atomic E-state index is 5.94. The van der Waals surface area contributed by atoms with Crippen LogP contribution in [0.4, 0.5) is 0 Å². The number of hydrogen-bond acceptors (Lipinski definition) is 2. The van der Waals surface area contributed by atoms with Crippen molar-refractivity contribution in [1.29, 1.82) is 0 Å². The quantitative estimate of drug-likeness (QED) is 0.549. The minimum Gasteiger partial charge on any atom is -0.460 e. The number of benzene rings is 1. The third-order valence-corrected chi connectivity index (χ3v) is 3.61. The molecule has 2 aromatic heterocycles. The summed E-state index contributed by atoms with van der Waals surface area (Å²) < 4.78 is 5.92. The predicted molar refractivity (Wildman–Crippen MR) is 73.9 cm³/mol. The molecule has 3 aromatic rings. The Hall–Kier alpha value is -1.80. The first kappa shape index (κ1) is 10.2. The third kappa shape index (κ3) is 1.39. The van der Waals surface area contributed by atoms with Crippen LogP contribution in [-0.2, 0) is 6.42 Å². The van der Waals surface area contributed by atoms with Crippen LogP contribution < -0.4 is 0 Å². The van der Waals surface area contributed by atoms with Gasteiger partial charge in [-0.05, 0) is 30.7 Å². The van der Waals surface area contributed by atoms with Crippen LogP contribution in [0.3, 0.4) is 0 Å². The molecule has 0 saturated carbocycles. The van der Waals surface area contributed by atoms with Gasteiger partial charge in [-0.3, -0.25) is 0 Å². The summed E-state index contributed by atoms with van der Waals surface area (Å²) in [6.45, 7) is 0. The van der Waals surface area contributed by atoms with Crippen molar-refractivity contribution in [3.8, 4) is 0 Å². The van der Waals surface area contributed by atoms with E-state index in [-0.39, 0.29) is 0 Å². The third-order valence-electron chi connectivity index (χ3n) is 3.40. The molecule has 1 aromatic carbocycles. The molecule has 0 aliphatic heterocycles. The zero-order chi connectivity index (χ0) is 12.1. The number of allylic oxidation sites excluding steroid dienone is 1. The second-order valence-electron chi connectivity index (χ2n) is 4.56. The number of aromatic nitrogens is 1. The van der Waals surface area contributed by atoms with Crippen molar-refractivity contribution in [3.05, 3.63) is 46.8 Å². The molecule has 1 aliphatic rings. The molecule has 0 amide bonds. The molecule has 18 heavy (non-hydrogen) atoms. The summed E-state index contributed by atoms with van der Waals surface area (Å²) in [5, 5.41) is 2.71. The van der Waals surface area contributed by atoms with Crippen molar-refractivity contribution < 1.29 is 4.42 Å². The van der Waals surface area contributed by atoms with Crippen LogP contribution in [0.5, 0.6) is 0 Å². The summed E-state index contributed by atoms with van der Waals surface area (Å²) in [5.41, 5.74) is 3.04. The lowest BCUT2D eigenvalue weighted by atomic mass is 10.0. The van der Waals surface area contributed by atoms with Crippen molar-refractivity contribution in [2.24, 2.45) is 0 Å². The number of rotatable bonds is 0. The van der Waals surface area contributed by atoms with Gasteiger partial charge in [-0.1, -0.05) is 23.8 Å². The average Bonchev–Trinajstić information content (AvgIpc) is 2.74. The van der Waals surface area contributed by atoms with E-state index in [0.29, 0.717) is 5.15 Å². The molecule has 0 fully saturated rings. The summed E-state index contributed by atoms with van der Waals surface area (Å²) in [6.07, 6.45) is 6.36. The van der Waals surface area contributed by atoms with E-state index >= 15 is 0 Å². The molecular formula is C15H10ClNO. The molecule has 0 spiro atoms. The second kappa shape index (κ2) is 3.59. The zero-order valence-electron chi connectivity index (χ0n) is 9.61. The Balaban J connectivity index is 2.13. The van der Waals surface area contributed by atoms with Crippen LogP contribution in [0.2, 0.25) is 5.15 Å². The van der Waals surface area contributed by atoms with E-state index in [1.54, 1.807) is 6.07 Å². The Kier molecular flexibility index (Phi) is 2.03. The van der Waals surface area contributed by atoms with Gasteiger partial charge >= 0.3 is 0 Å². The van der Waals surface area contributed by atoms with E-state index in [9.17, 15) is 0 Å². The largest absolute Gasteiger partial charge is 0.460 e. The summed E-state index contributed by atoms with van der Waals surface area (Å²) >= 11 is 5.94. The molecule has 2 heterocycles. The first-order valence-corrected chi connectivity index (χ1v) is 6.37. The average molecular weight is 256 g/mol. The molecule has 88 valence electrons. The zero-order valence-corrected chi connectivity index (χ0v) is 10.4. The first-order valence-electron chi connectivity index (χ1n) is 5.99. The predicted octanol–water partition coefficient (Wildman–Crippen LogP) is 4.59. The van der Waals surface area contributed by atoms with Crippen LogP contribution in [0.1, 0.15) is 17.7 Å². The Labute approximate surface area is 109 Å². The molecule has 0 atom stereocenters. The number of fused-ring (bicyclic) bond motifs is 4. The summed E-state index contributed by atoms with van der Waals surface area (Å²) in [6, 6.07) is 7.88. The fraction of sp³-hybridized carbons (Fsp3) is 0.133. The van der Waals surface area contributed by atoms with E-state index in [0.717, 1.165) is 40.5 Å². The fourth-order valence-corrected chi connectivity index (χ4v) is 2.70. The minimum absolute atomic E-state index is 0.523. The van der Waals surface area contributed by atoms with E-state index < -0.39 is 0 Å². The summed E-state index contributed by atoms with van der Waals surface area (Å²) in [4.78, 5) is 4.35. The molecule has 0 saturated heterocycles. The van der Waals surface area contributed by atoms with Gasteiger partial charge in [0.05, 0.1) is 5.52 Å². The van der Waals surface area contributed by atoms with Gasteiger partial charge in [0, 0.05) is 22.8 Å². The molecule has 1 aliphatic carbocycles. The van der Waals surface area contributed by atoms with E-state index in [1.807, 2.05) is 12.1 Å². The number of hydrogen-bond donors (Lipinski definition) is 0. The molecule has 0 N–H and O–H groups in total. The maximum Gasteiger partial charge on any atom is 0.135 e. The molecule has 0 unspecified atom stereocenters. The molecule has 0 bridgehead atoms. The van der Waals surface area contributed by atoms with E-state index in [1.165, 1.54) is 5.56 Å². The van der Waals surface area contributed by atoms with Crippen LogP contribution in [0.25, 0.3) is 27.9 Å². The normalized spacial score (nSPS) is 14.3. The highest BCUT2D eigenvalue weighted by atomic mass is 35.5. The highest BCUT2D eigenvalue weighted by Crippen LogP contribution is 2.33. The minimum atomic E-state index is 0.523. The van der Waals surface area contributed by atoms with Crippen molar-refractivity contribution in [2.45, 2.75) is 12.8 Å². The van der Waals surface area contributed by atoms with E-state index in [4.69, 9.17) is 16.0 Å². The van der Waals surface area contributed by atoms with Crippen LogP contribution in [-0.4, -0.2) is 4.98 Å². The van der Waals surface area contributed by atoms with Crippen molar-refractivity contribution in [2.75, 3.05) is 0 Å². The Bertz CT molecular complexity index is 801. The maximum absolute atomic E-state index is 5.94. The Morgan fingerprint density at radius 1 is 1.22 bits per heavy atom. The van der Waals surface area contributed by atoms with Gasteiger partial charge in [-0.15, -0.1) is 0 Å². The van der Waals surface area contributed by atoms with Gasteiger partial charge in [-0.2, -0.15) is 0 Å². The lowest BCUT2D eigenvalue weighted by Gasteiger charge is -2.01. The van der Waals surface area contributed by atoms with Gasteiger partial charge in [0.25, 0.3) is 0 Å². The molecule has 3 heteroatoms. The smallest absolute Gasteiger partial charge is 0.135 e. The summed E-state index contributed by atoms with van der Waals surface area (Å²) in [7, 11) is 0. The van der Waals surface area contributed by atoms with Crippen molar-refractivity contribution in [1.82, 2.24) is 4.98 Å². The van der Waals surface area contributed by atoms with Crippen LogP contribution in [0.15, 0.2) is 34.8 Å². The number of halogens is 1. The van der Waals surface area contributed by atoms with Crippen LogP contribution >= 0.6 is 11.6 Å². The number of pyridine rings is 1. The number of aryl methyl sites for hydroxylation is 1. The first-order chi connectivity index (χ1) is 8.81. The van der Waals surface area contributed by atoms with Gasteiger partial charge in [-0.25, -0.2) is 4.98 Å². The number of furan rings is 1. The van der Waals surface area contributed by atoms with Crippen LogP contribution in [0, 0.1) is 0 Å². The molecule has 2 nitrogen and oxygen atoms in total. The SMILES string of the molecule is Clc1ccc2cc3oc4c(c3cc2n1)C=CCC4. The monoisotopic (exact) mass is 255 g/mol. The highest BCUT2D eigenvalue weighted by molar-refractivity contribution is 6.29. The standard InChI is InChI=1S/C15H10ClNO/c16-15-6-5-9-7-14-11(8-12(9)17-15)10-3-1-2-4-13(10)18-14/h1,3,5-8H,2,4H2. The molecular weight excluding hydrogens is 246 g/mol. The Morgan fingerprint density at radius 3 is 3.11 bits per heavy atom.